The van der Waals surface area contributed by atoms with Gasteiger partial charge in [-0.2, -0.15) is 0 Å². The zero-order valence-corrected chi connectivity index (χ0v) is 30.8. The van der Waals surface area contributed by atoms with Gasteiger partial charge in [0.1, 0.15) is 19.8 Å². The standard InChI is InChI=1S/C35H70NO8P/c1-6-8-10-12-14-15-16-17-18-19-20-21-22-24-26-28-35(38)44-33(31-41-34(37)27-25-23-13-11-9-7-2)32-43-45(39,40)42-30-29-36(3,4)5/h33H,6-32H2,1-5H3/p+1/t33-/m1/s1. The molecule has 2 atom stereocenters. The summed E-state index contributed by atoms with van der Waals surface area (Å²) in [7, 11) is 1.48. The van der Waals surface area contributed by atoms with E-state index in [9.17, 15) is 19.0 Å². The Morgan fingerprint density at radius 1 is 0.600 bits per heavy atom. The van der Waals surface area contributed by atoms with Crippen LogP contribution in [0.3, 0.4) is 0 Å². The number of likely N-dealkylation sites (N-methyl/N-ethyl adjacent to an activating group) is 1. The Bertz CT molecular complexity index is 758. The quantitative estimate of drug-likeness (QED) is 0.0320. The van der Waals surface area contributed by atoms with Crippen LogP contribution in [0.1, 0.15) is 162 Å². The maximum Gasteiger partial charge on any atom is 0.472 e. The molecule has 10 heteroatoms. The lowest BCUT2D eigenvalue weighted by molar-refractivity contribution is -0.870. The first-order valence-corrected chi connectivity index (χ1v) is 19.8. The SMILES string of the molecule is CCCCCCCCCCCCCCCCCC(=O)O[C@H](COC(=O)CCCCCCCC)COP(=O)(O)OCC[N+](C)(C)C. The van der Waals surface area contributed by atoms with E-state index in [-0.39, 0.29) is 25.6 Å². The lowest BCUT2D eigenvalue weighted by Gasteiger charge is -2.24. The Morgan fingerprint density at radius 2 is 1.00 bits per heavy atom. The molecule has 0 heterocycles. The topological polar surface area (TPSA) is 108 Å². The fourth-order valence-corrected chi connectivity index (χ4v) is 5.70. The van der Waals surface area contributed by atoms with Gasteiger partial charge < -0.3 is 18.9 Å². The van der Waals surface area contributed by atoms with Crippen molar-refractivity contribution in [2.24, 2.45) is 0 Å². The van der Waals surface area contributed by atoms with Crippen molar-refractivity contribution >= 4 is 19.8 Å². The van der Waals surface area contributed by atoms with Crippen molar-refractivity contribution in [1.29, 1.82) is 0 Å². The van der Waals surface area contributed by atoms with Crippen LogP contribution in [-0.2, 0) is 32.7 Å². The molecule has 0 aliphatic heterocycles. The predicted octanol–water partition coefficient (Wildman–Crippen LogP) is 9.29. The zero-order valence-electron chi connectivity index (χ0n) is 29.9. The first kappa shape index (κ1) is 44.0. The number of unbranched alkanes of at least 4 members (excludes halogenated alkanes) is 19. The molecule has 0 amide bonds. The Morgan fingerprint density at radius 3 is 1.42 bits per heavy atom. The van der Waals surface area contributed by atoms with E-state index < -0.39 is 26.5 Å². The molecule has 0 bridgehead atoms. The largest absolute Gasteiger partial charge is 0.472 e. The molecule has 0 fully saturated rings. The summed E-state index contributed by atoms with van der Waals surface area (Å²) in [6.07, 6.45) is 24.6. The first-order chi connectivity index (χ1) is 21.5. The summed E-state index contributed by atoms with van der Waals surface area (Å²) in [4.78, 5) is 34.9. The van der Waals surface area contributed by atoms with E-state index in [1.165, 1.54) is 96.3 Å². The Hall–Kier alpha value is -0.990. The maximum absolute atomic E-state index is 12.6. The second-order valence-corrected chi connectivity index (χ2v) is 15.1. The molecule has 0 aromatic carbocycles. The number of quaternary nitrogens is 1. The second-order valence-electron chi connectivity index (χ2n) is 13.6. The number of phosphoric ester groups is 1. The summed E-state index contributed by atoms with van der Waals surface area (Å²) in [5, 5.41) is 0. The predicted molar refractivity (Wildman–Crippen MR) is 183 cm³/mol. The molecule has 0 rings (SSSR count). The van der Waals surface area contributed by atoms with E-state index in [1.807, 2.05) is 21.1 Å². The number of carbonyl (C=O) groups excluding carboxylic acids is 2. The zero-order chi connectivity index (χ0) is 33.7. The van der Waals surface area contributed by atoms with Gasteiger partial charge in [0.25, 0.3) is 0 Å². The average Bonchev–Trinajstić information content (AvgIpc) is 2.97. The Balaban J connectivity index is 4.34. The smallest absolute Gasteiger partial charge is 0.462 e. The summed E-state index contributed by atoms with van der Waals surface area (Å²) in [6.45, 7) is 4.35. The lowest BCUT2D eigenvalue weighted by Crippen LogP contribution is -2.37. The minimum atomic E-state index is -4.35. The molecule has 0 radical (unpaired) electrons. The third-order valence-corrected chi connectivity index (χ3v) is 8.87. The van der Waals surface area contributed by atoms with Gasteiger partial charge in [-0.3, -0.25) is 18.6 Å². The third kappa shape index (κ3) is 32.7. The first-order valence-electron chi connectivity index (χ1n) is 18.3. The van der Waals surface area contributed by atoms with Crippen molar-refractivity contribution in [1.82, 2.24) is 0 Å². The van der Waals surface area contributed by atoms with Crippen molar-refractivity contribution in [3.63, 3.8) is 0 Å². The Kier molecular flexibility index (Phi) is 28.5. The summed E-state index contributed by atoms with van der Waals surface area (Å²) >= 11 is 0. The van der Waals surface area contributed by atoms with Gasteiger partial charge >= 0.3 is 19.8 Å². The van der Waals surface area contributed by atoms with Crippen molar-refractivity contribution < 1.29 is 42.1 Å². The summed E-state index contributed by atoms with van der Waals surface area (Å²) in [6, 6.07) is 0. The van der Waals surface area contributed by atoms with Crippen molar-refractivity contribution in [2.45, 2.75) is 168 Å². The summed E-state index contributed by atoms with van der Waals surface area (Å²) < 4.78 is 34.0. The molecule has 1 N–H and O–H groups in total. The lowest BCUT2D eigenvalue weighted by atomic mass is 10.0. The van der Waals surface area contributed by atoms with E-state index in [0.29, 0.717) is 17.4 Å². The van der Waals surface area contributed by atoms with Crippen LogP contribution in [-0.4, -0.2) is 74.9 Å². The number of carbonyl (C=O) groups is 2. The van der Waals surface area contributed by atoms with Crippen LogP contribution in [0, 0.1) is 0 Å². The minimum absolute atomic E-state index is 0.0359. The number of hydrogen-bond donors (Lipinski definition) is 1. The second kappa shape index (κ2) is 29.2. The number of hydrogen-bond acceptors (Lipinski definition) is 7. The number of ether oxygens (including phenoxy) is 2. The molecule has 0 aromatic heterocycles. The van der Waals surface area contributed by atoms with Crippen molar-refractivity contribution in [3.8, 4) is 0 Å². The fourth-order valence-electron chi connectivity index (χ4n) is 4.95. The molecule has 0 aliphatic rings. The number of nitrogens with zero attached hydrogens (tertiary/aromatic N) is 1. The monoisotopic (exact) mass is 664 g/mol. The summed E-state index contributed by atoms with van der Waals surface area (Å²) in [5.41, 5.74) is 0. The number of rotatable bonds is 33. The third-order valence-electron chi connectivity index (χ3n) is 7.89. The van der Waals surface area contributed by atoms with Gasteiger partial charge in [0.2, 0.25) is 0 Å². The highest BCUT2D eigenvalue weighted by Crippen LogP contribution is 2.43. The maximum atomic E-state index is 12.6. The van der Waals surface area contributed by atoms with E-state index in [1.54, 1.807) is 0 Å². The van der Waals surface area contributed by atoms with Crippen molar-refractivity contribution in [2.75, 3.05) is 47.5 Å². The summed E-state index contributed by atoms with van der Waals surface area (Å²) in [5.74, 6) is -0.802. The van der Waals surface area contributed by atoms with Gasteiger partial charge in [-0.25, -0.2) is 4.57 Å². The molecule has 45 heavy (non-hydrogen) atoms. The highest BCUT2D eigenvalue weighted by Gasteiger charge is 2.27. The molecule has 268 valence electrons. The van der Waals surface area contributed by atoms with Gasteiger partial charge in [-0.1, -0.05) is 136 Å². The minimum Gasteiger partial charge on any atom is -0.462 e. The van der Waals surface area contributed by atoms with Crippen LogP contribution >= 0.6 is 7.82 Å². The van der Waals surface area contributed by atoms with E-state index in [2.05, 4.69) is 13.8 Å². The van der Waals surface area contributed by atoms with Gasteiger partial charge in [-0.05, 0) is 12.8 Å². The van der Waals surface area contributed by atoms with Gasteiger partial charge in [-0.15, -0.1) is 0 Å². The molecule has 9 nitrogen and oxygen atoms in total. The normalized spacial score (nSPS) is 13.8. The molecule has 0 saturated heterocycles. The van der Waals surface area contributed by atoms with Crippen LogP contribution in [0.2, 0.25) is 0 Å². The van der Waals surface area contributed by atoms with Crippen LogP contribution in [0.25, 0.3) is 0 Å². The van der Waals surface area contributed by atoms with Crippen LogP contribution in [0.4, 0.5) is 0 Å². The Labute approximate surface area is 276 Å². The average molecular weight is 665 g/mol. The highest BCUT2D eigenvalue weighted by atomic mass is 31.2. The van der Waals surface area contributed by atoms with Crippen LogP contribution in [0.15, 0.2) is 0 Å². The van der Waals surface area contributed by atoms with Crippen LogP contribution < -0.4 is 0 Å². The van der Waals surface area contributed by atoms with Gasteiger partial charge in [0.15, 0.2) is 6.10 Å². The van der Waals surface area contributed by atoms with Crippen molar-refractivity contribution in [3.05, 3.63) is 0 Å². The molecule has 0 aromatic rings. The van der Waals surface area contributed by atoms with E-state index >= 15 is 0 Å². The fraction of sp³-hybridized carbons (Fsp3) is 0.943. The number of phosphoric acid groups is 1. The van der Waals surface area contributed by atoms with E-state index in [0.717, 1.165) is 38.5 Å². The molecular formula is C35H71NO8P+. The molecule has 0 saturated carbocycles. The highest BCUT2D eigenvalue weighted by molar-refractivity contribution is 7.47. The van der Waals surface area contributed by atoms with Gasteiger partial charge in [0, 0.05) is 12.8 Å². The molecular weight excluding hydrogens is 593 g/mol. The number of esters is 2. The van der Waals surface area contributed by atoms with Gasteiger partial charge in [0.05, 0.1) is 27.7 Å². The molecule has 0 spiro atoms. The van der Waals surface area contributed by atoms with E-state index in [4.69, 9.17) is 18.5 Å². The van der Waals surface area contributed by atoms with Crippen LogP contribution in [0.5, 0.6) is 0 Å². The molecule has 1 unspecified atom stereocenters. The molecule has 0 aliphatic carbocycles.